The molecule has 4 nitrogen and oxygen atoms in total. The number of amides is 2. The van der Waals surface area contributed by atoms with Gasteiger partial charge in [-0.25, -0.2) is 8.78 Å². The van der Waals surface area contributed by atoms with Gasteiger partial charge in [-0.2, -0.15) is 0 Å². The molecule has 1 saturated carbocycles. The Morgan fingerprint density at radius 3 is 2.50 bits per heavy atom. The normalized spacial score (nSPS) is 22.1. The van der Waals surface area contributed by atoms with E-state index in [0.717, 1.165) is 25.7 Å². The number of carbonyl (C=O) groups is 2. The number of halogens is 2. The SMILES string of the molecule is O=C(NC1CCCCC1)C1CSC(c2cccc(F)c2)N1C(=O)c1ccccc1F. The molecule has 0 spiro atoms. The van der Waals surface area contributed by atoms with Crippen LogP contribution in [0.4, 0.5) is 8.78 Å². The van der Waals surface area contributed by atoms with Crippen molar-refractivity contribution in [2.75, 3.05) is 5.75 Å². The van der Waals surface area contributed by atoms with Gasteiger partial charge in [0.2, 0.25) is 5.91 Å². The van der Waals surface area contributed by atoms with Crippen LogP contribution in [0.5, 0.6) is 0 Å². The molecule has 2 atom stereocenters. The van der Waals surface area contributed by atoms with Crippen molar-refractivity contribution >= 4 is 23.6 Å². The molecule has 4 rings (SSSR count). The first-order valence-corrected chi connectivity index (χ1v) is 11.3. The highest BCUT2D eigenvalue weighted by Crippen LogP contribution is 2.42. The lowest BCUT2D eigenvalue weighted by Crippen LogP contribution is -2.50. The van der Waals surface area contributed by atoms with Crippen LogP contribution in [-0.2, 0) is 4.79 Å². The minimum Gasteiger partial charge on any atom is -0.352 e. The summed E-state index contributed by atoms with van der Waals surface area (Å²) < 4.78 is 28.2. The fourth-order valence-electron chi connectivity index (χ4n) is 4.19. The number of nitrogens with one attached hydrogen (secondary N) is 1. The second kappa shape index (κ2) is 9.16. The number of hydrogen-bond acceptors (Lipinski definition) is 3. The molecule has 2 amide bonds. The molecule has 1 aliphatic carbocycles. The maximum atomic E-state index is 14.4. The van der Waals surface area contributed by atoms with Gasteiger partial charge in [-0.3, -0.25) is 9.59 Å². The van der Waals surface area contributed by atoms with Gasteiger partial charge in [-0.15, -0.1) is 11.8 Å². The van der Waals surface area contributed by atoms with Crippen molar-refractivity contribution in [3.05, 3.63) is 71.3 Å². The van der Waals surface area contributed by atoms with Gasteiger partial charge in [0.1, 0.15) is 23.1 Å². The molecule has 2 aromatic carbocycles. The minimum atomic E-state index is -0.739. The Labute approximate surface area is 179 Å². The van der Waals surface area contributed by atoms with E-state index in [1.165, 1.54) is 53.4 Å². The van der Waals surface area contributed by atoms with E-state index in [2.05, 4.69) is 5.32 Å². The summed E-state index contributed by atoms with van der Waals surface area (Å²) in [5.41, 5.74) is 0.495. The lowest BCUT2D eigenvalue weighted by Gasteiger charge is -2.31. The zero-order valence-electron chi connectivity index (χ0n) is 16.5. The van der Waals surface area contributed by atoms with E-state index in [1.807, 2.05) is 0 Å². The molecule has 158 valence electrons. The van der Waals surface area contributed by atoms with Crippen molar-refractivity contribution in [1.29, 1.82) is 0 Å². The third-order valence-corrected chi connectivity index (χ3v) is 7.05. The predicted octanol–water partition coefficient (Wildman–Crippen LogP) is 4.67. The molecule has 2 unspecified atom stereocenters. The van der Waals surface area contributed by atoms with Gasteiger partial charge in [-0.1, -0.05) is 43.5 Å². The van der Waals surface area contributed by atoms with Crippen molar-refractivity contribution in [2.24, 2.45) is 0 Å². The van der Waals surface area contributed by atoms with Crippen LogP contribution < -0.4 is 5.32 Å². The molecule has 2 fully saturated rings. The molecule has 1 aliphatic heterocycles. The van der Waals surface area contributed by atoms with E-state index in [0.29, 0.717) is 11.3 Å². The summed E-state index contributed by atoms with van der Waals surface area (Å²) in [4.78, 5) is 27.9. The molecule has 0 aromatic heterocycles. The van der Waals surface area contributed by atoms with Gasteiger partial charge in [-0.05, 0) is 42.7 Å². The van der Waals surface area contributed by atoms with Crippen LogP contribution in [0.3, 0.4) is 0 Å². The van der Waals surface area contributed by atoms with Crippen LogP contribution in [-0.4, -0.2) is 34.6 Å². The molecule has 0 radical (unpaired) electrons. The fourth-order valence-corrected chi connectivity index (χ4v) is 5.61. The van der Waals surface area contributed by atoms with Crippen LogP contribution >= 0.6 is 11.8 Å². The van der Waals surface area contributed by atoms with Crippen molar-refractivity contribution in [3.63, 3.8) is 0 Å². The first-order valence-electron chi connectivity index (χ1n) is 10.3. The summed E-state index contributed by atoms with van der Waals surface area (Å²) in [6.07, 6.45) is 5.19. The summed E-state index contributed by atoms with van der Waals surface area (Å²) in [6, 6.07) is 11.1. The average Bonchev–Trinajstić information content (AvgIpc) is 3.20. The minimum absolute atomic E-state index is 0.0862. The molecule has 7 heteroatoms. The van der Waals surface area contributed by atoms with Crippen LogP contribution in [0.1, 0.15) is 53.4 Å². The van der Waals surface area contributed by atoms with Gasteiger partial charge >= 0.3 is 0 Å². The quantitative estimate of drug-likeness (QED) is 0.767. The third kappa shape index (κ3) is 4.36. The summed E-state index contributed by atoms with van der Waals surface area (Å²) in [6.45, 7) is 0. The highest BCUT2D eigenvalue weighted by Gasteiger charge is 2.43. The average molecular weight is 431 g/mol. The molecular formula is C23H24F2N2O2S. The highest BCUT2D eigenvalue weighted by molar-refractivity contribution is 7.99. The largest absolute Gasteiger partial charge is 0.352 e. The zero-order chi connectivity index (χ0) is 21.1. The van der Waals surface area contributed by atoms with Crippen molar-refractivity contribution < 1.29 is 18.4 Å². The van der Waals surface area contributed by atoms with Gasteiger partial charge < -0.3 is 10.2 Å². The Hall–Kier alpha value is -2.41. The number of thioether (sulfide) groups is 1. The van der Waals surface area contributed by atoms with E-state index in [1.54, 1.807) is 18.2 Å². The van der Waals surface area contributed by atoms with Crippen LogP contribution in [0.2, 0.25) is 0 Å². The number of hydrogen-bond donors (Lipinski definition) is 1. The van der Waals surface area contributed by atoms with E-state index >= 15 is 0 Å². The third-order valence-electron chi connectivity index (χ3n) is 5.73. The summed E-state index contributed by atoms with van der Waals surface area (Å²) >= 11 is 1.39. The monoisotopic (exact) mass is 430 g/mol. The van der Waals surface area contributed by atoms with Crippen molar-refractivity contribution in [2.45, 2.75) is 49.6 Å². The topological polar surface area (TPSA) is 49.4 Å². The fraction of sp³-hybridized carbons (Fsp3) is 0.391. The van der Waals surface area contributed by atoms with E-state index in [-0.39, 0.29) is 17.5 Å². The number of nitrogens with zero attached hydrogens (tertiary/aromatic N) is 1. The van der Waals surface area contributed by atoms with Crippen LogP contribution in [0, 0.1) is 11.6 Å². The van der Waals surface area contributed by atoms with Gasteiger partial charge in [0.25, 0.3) is 5.91 Å². The molecule has 1 heterocycles. The van der Waals surface area contributed by atoms with E-state index in [9.17, 15) is 18.4 Å². The Balaban J connectivity index is 1.64. The molecule has 1 saturated heterocycles. The first-order chi connectivity index (χ1) is 14.5. The summed E-state index contributed by atoms with van der Waals surface area (Å²) in [5.74, 6) is -1.46. The molecule has 30 heavy (non-hydrogen) atoms. The number of benzene rings is 2. The van der Waals surface area contributed by atoms with Gasteiger partial charge in [0, 0.05) is 11.8 Å². The Morgan fingerprint density at radius 2 is 1.77 bits per heavy atom. The first kappa shape index (κ1) is 20.8. The second-order valence-corrected chi connectivity index (χ2v) is 8.91. The summed E-state index contributed by atoms with van der Waals surface area (Å²) in [7, 11) is 0. The molecule has 0 bridgehead atoms. The smallest absolute Gasteiger partial charge is 0.258 e. The number of carbonyl (C=O) groups excluding carboxylic acids is 2. The van der Waals surface area contributed by atoms with E-state index < -0.39 is 29.0 Å². The zero-order valence-corrected chi connectivity index (χ0v) is 17.3. The lowest BCUT2D eigenvalue weighted by atomic mass is 9.95. The Morgan fingerprint density at radius 1 is 1.00 bits per heavy atom. The van der Waals surface area contributed by atoms with E-state index in [4.69, 9.17) is 0 Å². The van der Waals surface area contributed by atoms with Gasteiger partial charge in [0.05, 0.1) is 5.56 Å². The molecule has 2 aromatic rings. The molecular weight excluding hydrogens is 406 g/mol. The maximum absolute atomic E-state index is 14.4. The van der Waals surface area contributed by atoms with Crippen LogP contribution in [0.15, 0.2) is 48.5 Å². The molecule has 1 N–H and O–H groups in total. The van der Waals surface area contributed by atoms with Crippen molar-refractivity contribution in [3.8, 4) is 0 Å². The summed E-state index contributed by atoms with van der Waals surface area (Å²) in [5, 5.41) is 2.52. The maximum Gasteiger partial charge on any atom is 0.258 e. The second-order valence-electron chi connectivity index (χ2n) is 7.79. The lowest BCUT2D eigenvalue weighted by molar-refractivity contribution is -0.125. The molecule has 2 aliphatic rings. The standard InChI is InChI=1S/C23H24F2N2O2S/c24-16-8-6-7-15(13-16)23-27(22(29)18-11-4-5-12-19(18)25)20(14-30-23)21(28)26-17-9-2-1-3-10-17/h4-8,11-13,17,20,23H,1-3,9-10,14H2,(H,26,28). The van der Waals surface area contributed by atoms with Gasteiger partial charge in [0.15, 0.2) is 0 Å². The highest BCUT2D eigenvalue weighted by atomic mass is 32.2. The Kier molecular flexibility index (Phi) is 6.37. The van der Waals surface area contributed by atoms with Crippen molar-refractivity contribution in [1.82, 2.24) is 10.2 Å². The Bertz CT molecular complexity index is 933. The van der Waals surface area contributed by atoms with Crippen LogP contribution in [0.25, 0.3) is 0 Å². The predicted molar refractivity (Wildman–Crippen MR) is 113 cm³/mol. The number of rotatable bonds is 4.